The first-order chi connectivity index (χ1) is 9.19. The molecule has 0 aromatic carbocycles. The average Bonchev–Trinajstić information content (AvgIpc) is 2.72. The number of ether oxygens (including phenoxy) is 1. The van der Waals surface area contributed by atoms with Gasteiger partial charge in [-0.3, -0.25) is 0 Å². The molecule has 1 aliphatic rings. The lowest BCUT2D eigenvalue weighted by Gasteiger charge is -2.21. The van der Waals surface area contributed by atoms with Crippen LogP contribution < -0.4 is 5.32 Å². The molecule has 3 nitrogen and oxygen atoms in total. The van der Waals surface area contributed by atoms with E-state index in [9.17, 15) is 0 Å². The van der Waals surface area contributed by atoms with Gasteiger partial charge in [-0.1, -0.05) is 13.8 Å². The molecule has 0 aliphatic carbocycles. The van der Waals surface area contributed by atoms with Gasteiger partial charge in [0.25, 0.3) is 0 Å². The van der Waals surface area contributed by atoms with Gasteiger partial charge >= 0.3 is 0 Å². The summed E-state index contributed by atoms with van der Waals surface area (Å²) in [6.45, 7) is 6.38. The van der Waals surface area contributed by atoms with Gasteiger partial charge in [0.15, 0.2) is 0 Å². The third-order valence-electron chi connectivity index (χ3n) is 3.44. The van der Waals surface area contributed by atoms with E-state index in [-0.39, 0.29) is 0 Å². The summed E-state index contributed by atoms with van der Waals surface area (Å²) in [7, 11) is 2.00. The van der Waals surface area contributed by atoms with Crippen molar-refractivity contribution in [3.8, 4) is 0 Å². The standard InChI is InChI=1S/C15H26N2OS/c1-11(2)8-13-14(10-16-3)19-15(17-13)9-12-6-4-5-7-18-12/h11-12,16H,4-10H2,1-3H3. The van der Waals surface area contributed by atoms with E-state index in [1.807, 2.05) is 18.4 Å². The van der Waals surface area contributed by atoms with Crippen LogP contribution in [0.2, 0.25) is 0 Å². The van der Waals surface area contributed by atoms with Crippen LogP contribution in [0.25, 0.3) is 0 Å². The van der Waals surface area contributed by atoms with Crippen LogP contribution in [0, 0.1) is 5.92 Å². The van der Waals surface area contributed by atoms with Crippen molar-refractivity contribution in [1.82, 2.24) is 10.3 Å². The molecule has 2 heterocycles. The minimum absolute atomic E-state index is 0.397. The maximum Gasteiger partial charge on any atom is 0.0957 e. The molecular formula is C15H26N2OS. The van der Waals surface area contributed by atoms with Crippen LogP contribution in [0.4, 0.5) is 0 Å². The second-order valence-electron chi connectivity index (χ2n) is 5.80. The van der Waals surface area contributed by atoms with Crippen LogP contribution in [0.1, 0.15) is 48.7 Å². The van der Waals surface area contributed by atoms with Gasteiger partial charge in [0, 0.05) is 24.4 Å². The summed E-state index contributed by atoms with van der Waals surface area (Å²) in [5.41, 5.74) is 1.29. The lowest BCUT2D eigenvalue weighted by molar-refractivity contribution is 0.0167. The van der Waals surface area contributed by atoms with Gasteiger partial charge in [0.1, 0.15) is 0 Å². The van der Waals surface area contributed by atoms with Crippen LogP contribution in [0.5, 0.6) is 0 Å². The molecule has 1 saturated heterocycles. The molecule has 108 valence electrons. The molecule has 0 spiro atoms. The zero-order valence-electron chi connectivity index (χ0n) is 12.4. The molecule has 1 unspecified atom stereocenters. The van der Waals surface area contributed by atoms with Gasteiger partial charge in [0.05, 0.1) is 16.8 Å². The Morgan fingerprint density at radius 3 is 2.89 bits per heavy atom. The van der Waals surface area contributed by atoms with Crippen molar-refractivity contribution < 1.29 is 4.74 Å². The summed E-state index contributed by atoms with van der Waals surface area (Å²) in [5, 5.41) is 4.51. The Bertz CT molecular complexity index is 383. The topological polar surface area (TPSA) is 34.1 Å². The van der Waals surface area contributed by atoms with E-state index in [1.54, 1.807) is 0 Å². The first-order valence-electron chi connectivity index (χ1n) is 7.42. The Hall–Kier alpha value is -0.450. The smallest absolute Gasteiger partial charge is 0.0957 e. The molecule has 2 rings (SSSR count). The quantitative estimate of drug-likeness (QED) is 0.870. The molecule has 1 aromatic rings. The minimum atomic E-state index is 0.397. The fourth-order valence-corrected chi connectivity index (χ4v) is 3.70. The Morgan fingerprint density at radius 1 is 1.42 bits per heavy atom. The minimum Gasteiger partial charge on any atom is -0.378 e. The van der Waals surface area contributed by atoms with Crippen LogP contribution in [0.3, 0.4) is 0 Å². The summed E-state index contributed by atoms with van der Waals surface area (Å²) in [6.07, 6.45) is 6.20. The fraction of sp³-hybridized carbons (Fsp3) is 0.800. The molecule has 0 bridgehead atoms. The van der Waals surface area contributed by atoms with Gasteiger partial charge in [-0.2, -0.15) is 0 Å². The predicted molar refractivity (Wildman–Crippen MR) is 80.7 cm³/mol. The van der Waals surface area contributed by atoms with Crippen molar-refractivity contribution in [2.24, 2.45) is 5.92 Å². The molecule has 1 aromatic heterocycles. The lowest BCUT2D eigenvalue weighted by atomic mass is 10.1. The predicted octanol–water partition coefficient (Wildman–Crippen LogP) is 3.17. The molecule has 4 heteroatoms. The highest BCUT2D eigenvalue weighted by Gasteiger charge is 2.18. The van der Waals surface area contributed by atoms with E-state index in [1.165, 1.54) is 34.8 Å². The molecule has 0 amide bonds. The van der Waals surface area contributed by atoms with Crippen molar-refractivity contribution in [1.29, 1.82) is 0 Å². The third-order valence-corrected chi connectivity index (χ3v) is 4.56. The Morgan fingerprint density at radius 2 is 2.26 bits per heavy atom. The average molecular weight is 282 g/mol. The van der Waals surface area contributed by atoms with Crippen LogP contribution in [-0.4, -0.2) is 24.7 Å². The summed E-state index contributed by atoms with van der Waals surface area (Å²) in [5.74, 6) is 0.663. The molecule has 1 aliphatic heterocycles. The van der Waals surface area contributed by atoms with Crippen LogP contribution in [-0.2, 0) is 24.1 Å². The van der Waals surface area contributed by atoms with Crippen molar-refractivity contribution >= 4 is 11.3 Å². The number of hydrogen-bond acceptors (Lipinski definition) is 4. The fourth-order valence-electron chi connectivity index (χ4n) is 2.53. The van der Waals surface area contributed by atoms with Crippen LogP contribution >= 0.6 is 11.3 Å². The number of aromatic nitrogens is 1. The zero-order chi connectivity index (χ0) is 13.7. The monoisotopic (exact) mass is 282 g/mol. The van der Waals surface area contributed by atoms with Crippen molar-refractivity contribution in [3.05, 3.63) is 15.6 Å². The van der Waals surface area contributed by atoms with E-state index in [2.05, 4.69) is 19.2 Å². The van der Waals surface area contributed by atoms with Crippen molar-refractivity contribution in [3.63, 3.8) is 0 Å². The maximum atomic E-state index is 5.82. The summed E-state index contributed by atoms with van der Waals surface area (Å²) in [4.78, 5) is 6.27. The second-order valence-corrected chi connectivity index (χ2v) is 6.97. The van der Waals surface area contributed by atoms with E-state index < -0.39 is 0 Å². The molecule has 19 heavy (non-hydrogen) atoms. The van der Waals surface area contributed by atoms with Crippen molar-refractivity contribution in [2.45, 2.75) is 58.6 Å². The SMILES string of the molecule is CNCc1sc(CC2CCCCO2)nc1CC(C)C. The third kappa shape index (κ3) is 4.55. The highest BCUT2D eigenvalue weighted by molar-refractivity contribution is 7.11. The van der Waals surface area contributed by atoms with Gasteiger partial charge < -0.3 is 10.1 Å². The molecule has 1 N–H and O–H groups in total. The lowest BCUT2D eigenvalue weighted by Crippen LogP contribution is -2.21. The molecular weight excluding hydrogens is 256 g/mol. The number of hydrogen-bond donors (Lipinski definition) is 1. The molecule has 1 atom stereocenters. The van der Waals surface area contributed by atoms with Gasteiger partial charge in [0.2, 0.25) is 0 Å². The van der Waals surface area contributed by atoms with E-state index in [0.717, 1.165) is 26.0 Å². The highest BCUT2D eigenvalue weighted by Crippen LogP contribution is 2.25. The first kappa shape index (κ1) is 14.9. The van der Waals surface area contributed by atoms with Gasteiger partial charge in [-0.25, -0.2) is 4.98 Å². The van der Waals surface area contributed by atoms with Crippen molar-refractivity contribution in [2.75, 3.05) is 13.7 Å². The Kier molecular flexibility index (Phi) is 5.79. The zero-order valence-corrected chi connectivity index (χ0v) is 13.2. The number of rotatable bonds is 6. The molecule has 1 fully saturated rings. The summed E-state index contributed by atoms with van der Waals surface area (Å²) in [6, 6.07) is 0. The maximum absolute atomic E-state index is 5.82. The number of nitrogens with one attached hydrogen (secondary N) is 1. The largest absolute Gasteiger partial charge is 0.378 e. The first-order valence-corrected chi connectivity index (χ1v) is 8.24. The Balaban J connectivity index is 2.03. The summed E-state index contributed by atoms with van der Waals surface area (Å²) >= 11 is 1.87. The summed E-state index contributed by atoms with van der Waals surface area (Å²) < 4.78 is 5.82. The number of thiazole rings is 1. The van der Waals surface area contributed by atoms with Crippen LogP contribution in [0.15, 0.2) is 0 Å². The van der Waals surface area contributed by atoms with E-state index >= 15 is 0 Å². The van der Waals surface area contributed by atoms with E-state index in [4.69, 9.17) is 9.72 Å². The van der Waals surface area contributed by atoms with Gasteiger partial charge in [-0.15, -0.1) is 11.3 Å². The van der Waals surface area contributed by atoms with E-state index in [0.29, 0.717) is 12.0 Å². The molecule has 0 radical (unpaired) electrons. The molecule has 0 saturated carbocycles. The second kappa shape index (κ2) is 7.36. The Labute approximate surface area is 120 Å². The normalized spacial score (nSPS) is 20.1. The van der Waals surface area contributed by atoms with Gasteiger partial charge in [-0.05, 0) is 38.6 Å². The number of nitrogens with zero attached hydrogens (tertiary/aromatic N) is 1. The highest BCUT2D eigenvalue weighted by atomic mass is 32.1.